The van der Waals surface area contributed by atoms with E-state index in [0.29, 0.717) is 35.3 Å². The number of likely N-dealkylation sites (N-methyl/N-ethyl adjacent to an activating group) is 1. The van der Waals surface area contributed by atoms with Crippen molar-refractivity contribution in [2.45, 2.75) is 20.0 Å². The third kappa shape index (κ3) is 9.13. The maximum atomic E-state index is 12.1. The number of hydrogen-bond acceptors (Lipinski definition) is 4. The molecule has 10 heteroatoms. The lowest BCUT2D eigenvalue weighted by Gasteiger charge is -2.15. The van der Waals surface area contributed by atoms with Crippen molar-refractivity contribution in [3.63, 3.8) is 0 Å². The maximum Gasteiger partial charge on any atom is 0.405 e. The summed E-state index contributed by atoms with van der Waals surface area (Å²) in [6.07, 6.45) is -4.47. The summed E-state index contributed by atoms with van der Waals surface area (Å²) in [5.41, 5.74) is 0.487. The van der Waals surface area contributed by atoms with Crippen LogP contribution in [0, 0.1) is 0 Å². The SMILES string of the molecule is CCOc1ccc(NC(=O)C[NH+](C)CC(=O)NCC(F)(F)F)cc1OCC. The Balaban J connectivity index is 2.55. The van der Waals surface area contributed by atoms with Crippen LogP contribution in [0.25, 0.3) is 0 Å². The van der Waals surface area contributed by atoms with Gasteiger partial charge in [-0.2, -0.15) is 13.2 Å². The molecule has 0 radical (unpaired) electrons. The summed E-state index contributed by atoms with van der Waals surface area (Å²) in [7, 11) is 1.54. The van der Waals surface area contributed by atoms with Gasteiger partial charge in [0.25, 0.3) is 11.8 Å². The number of nitrogens with one attached hydrogen (secondary N) is 3. The molecular weight excluding hydrogens is 367 g/mol. The van der Waals surface area contributed by atoms with Crippen LogP contribution in [-0.4, -0.2) is 57.9 Å². The number of halogens is 3. The van der Waals surface area contributed by atoms with Gasteiger partial charge in [0.2, 0.25) is 0 Å². The Bertz CT molecular complexity index is 638. The monoisotopic (exact) mass is 392 g/mol. The van der Waals surface area contributed by atoms with Crippen LogP contribution in [0.5, 0.6) is 11.5 Å². The second-order valence-corrected chi connectivity index (χ2v) is 5.78. The van der Waals surface area contributed by atoms with Crippen molar-refractivity contribution in [1.29, 1.82) is 0 Å². The average Bonchev–Trinajstić information content (AvgIpc) is 2.55. The molecule has 0 aromatic heterocycles. The van der Waals surface area contributed by atoms with Crippen molar-refractivity contribution in [3.05, 3.63) is 18.2 Å². The summed E-state index contributed by atoms with van der Waals surface area (Å²) in [6.45, 7) is 2.83. The van der Waals surface area contributed by atoms with E-state index in [1.807, 2.05) is 13.8 Å². The molecule has 1 unspecified atom stereocenters. The fourth-order valence-electron chi connectivity index (χ4n) is 2.21. The molecule has 0 bridgehead atoms. The van der Waals surface area contributed by atoms with Crippen LogP contribution >= 0.6 is 0 Å². The zero-order chi connectivity index (χ0) is 20.4. The summed E-state index contributed by atoms with van der Waals surface area (Å²) in [5.74, 6) is -0.120. The van der Waals surface area contributed by atoms with E-state index < -0.39 is 18.6 Å². The molecule has 0 aliphatic rings. The maximum absolute atomic E-state index is 12.1. The smallest absolute Gasteiger partial charge is 0.405 e. The number of carbonyl (C=O) groups is 2. The van der Waals surface area contributed by atoms with Crippen molar-refractivity contribution in [2.75, 3.05) is 45.2 Å². The highest BCUT2D eigenvalue weighted by Gasteiger charge is 2.28. The normalized spacial score (nSPS) is 12.2. The first kappa shape index (κ1) is 22.6. The molecule has 0 aliphatic heterocycles. The predicted molar refractivity (Wildman–Crippen MR) is 93.1 cm³/mol. The van der Waals surface area contributed by atoms with Gasteiger partial charge < -0.3 is 25.0 Å². The number of anilines is 1. The van der Waals surface area contributed by atoms with Crippen molar-refractivity contribution in [2.24, 2.45) is 0 Å². The number of rotatable bonds is 10. The van der Waals surface area contributed by atoms with Crippen LogP contribution in [0.1, 0.15) is 13.8 Å². The van der Waals surface area contributed by atoms with Gasteiger partial charge in [0.1, 0.15) is 6.54 Å². The molecule has 152 valence electrons. The minimum absolute atomic E-state index is 0.0867. The number of benzene rings is 1. The van der Waals surface area contributed by atoms with Gasteiger partial charge in [0.05, 0.1) is 20.3 Å². The second kappa shape index (κ2) is 10.6. The Morgan fingerprint density at radius 2 is 1.63 bits per heavy atom. The third-order valence-corrected chi connectivity index (χ3v) is 3.24. The molecule has 2 amide bonds. The first-order valence-corrected chi connectivity index (χ1v) is 8.48. The first-order chi connectivity index (χ1) is 12.6. The number of hydrogen-bond donors (Lipinski definition) is 3. The van der Waals surface area contributed by atoms with Gasteiger partial charge in [-0.3, -0.25) is 9.59 Å². The van der Waals surface area contributed by atoms with Crippen LogP contribution in [0.15, 0.2) is 18.2 Å². The minimum atomic E-state index is -4.47. The van der Waals surface area contributed by atoms with Gasteiger partial charge in [-0.15, -0.1) is 0 Å². The van der Waals surface area contributed by atoms with E-state index in [4.69, 9.17) is 9.47 Å². The second-order valence-electron chi connectivity index (χ2n) is 5.78. The van der Waals surface area contributed by atoms with Crippen LogP contribution in [0.3, 0.4) is 0 Å². The van der Waals surface area contributed by atoms with E-state index >= 15 is 0 Å². The summed E-state index contributed by atoms with van der Waals surface area (Å²) in [5, 5.41) is 4.43. The number of carbonyl (C=O) groups excluding carboxylic acids is 2. The van der Waals surface area contributed by atoms with Crippen LogP contribution in [0.2, 0.25) is 0 Å². The van der Waals surface area contributed by atoms with Crippen molar-refractivity contribution < 1.29 is 37.1 Å². The fourth-order valence-corrected chi connectivity index (χ4v) is 2.21. The van der Waals surface area contributed by atoms with Gasteiger partial charge in [0, 0.05) is 11.8 Å². The molecule has 7 nitrogen and oxygen atoms in total. The highest BCUT2D eigenvalue weighted by Crippen LogP contribution is 2.30. The van der Waals surface area contributed by atoms with Crippen LogP contribution < -0.4 is 25.0 Å². The number of ether oxygens (including phenoxy) is 2. The third-order valence-electron chi connectivity index (χ3n) is 3.24. The van der Waals surface area contributed by atoms with E-state index in [1.165, 1.54) is 7.05 Å². The standard InChI is InChI=1S/C17H24F3N3O4/c1-4-26-13-7-6-12(8-14(13)27-5-2)22-16(25)10-23(3)9-15(24)21-11-17(18,19)20/h6-8H,4-5,9-11H2,1-3H3,(H,21,24)(H,22,25)/p+1. The molecule has 1 rings (SSSR count). The molecule has 3 N–H and O–H groups in total. The molecule has 0 aliphatic carbocycles. The Hall–Kier alpha value is -2.49. The average molecular weight is 392 g/mol. The van der Waals surface area contributed by atoms with Gasteiger partial charge in [-0.1, -0.05) is 0 Å². The molecule has 1 atom stereocenters. The molecule has 1 aromatic rings. The van der Waals surface area contributed by atoms with E-state index in [1.54, 1.807) is 23.5 Å². The predicted octanol–water partition coefficient (Wildman–Crippen LogP) is 0.616. The van der Waals surface area contributed by atoms with E-state index in [0.717, 1.165) is 0 Å². The lowest BCUT2D eigenvalue weighted by molar-refractivity contribution is -0.862. The Labute approximate surface area is 155 Å². The van der Waals surface area contributed by atoms with Gasteiger partial charge >= 0.3 is 6.18 Å². The fraction of sp³-hybridized carbons (Fsp3) is 0.529. The number of quaternary nitrogens is 1. The zero-order valence-electron chi connectivity index (χ0n) is 15.5. The van der Waals surface area contributed by atoms with Crippen molar-refractivity contribution in [3.8, 4) is 11.5 Å². The Morgan fingerprint density at radius 1 is 1.04 bits per heavy atom. The first-order valence-electron chi connectivity index (χ1n) is 8.48. The summed E-state index contributed by atoms with van der Waals surface area (Å²) in [4.78, 5) is 24.0. The van der Waals surface area contributed by atoms with E-state index in [9.17, 15) is 22.8 Å². The molecule has 0 saturated carbocycles. The quantitative estimate of drug-likeness (QED) is 0.545. The molecule has 0 heterocycles. The summed E-state index contributed by atoms with van der Waals surface area (Å²) >= 11 is 0. The Morgan fingerprint density at radius 3 is 2.22 bits per heavy atom. The lowest BCUT2D eigenvalue weighted by Crippen LogP contribution is -3.11. The molecule has 0 fully saturated rings. The highest BCUT2D eigenvalue weighted by atomic mass is 19.4. The van der Waals surface area contributed by atoms with Crippen molar-refractivity contribution >= 4 is 17.5 Å². The van der Waals surface area contributed by atoms with Gasteiger partial charge in [-0.05, 0) is 26.0 Å². The van der Waals surface area contributed by atoms with Crippen LogP contribution in [-0.2, 0) is 9.59 Å². The number of amides is 2. The zero-order valence-corrected chi connectivity index (χ0v) is 15.5. The summed E-state index contributed by atoms with van der Waals surface area (Å²) in [6, 6.07) is 4.94. The van der Waals surface area contributed by atoms with Gasteiger partial charge in [-0.25, -0.2) is 0 Å². The molecular formula is C17H25F3N3O4+. The van der Waals surface area contributed by atoms with E-state index in [2.05, 4.69) is 5.32 Å². The molecule has 27 heavy (non-hydrogen) atoms. The van der Waals surface area contributed by atoms with Gasteiger partial charge in [0.15, 0.2) is 24.6 Å². The molecule has 0 saturated heterocycles. The van der Waals surface area contributed by atoms with E-state index in [-0.39, 0.29) is 19.0 Å². The van der Waals surface area contributed by atoms with Crippen molar-refractivity contribution in [1.82, 2.24) is 5.32 Å². The topological polar surface area (TPSA) is 81.1 Å². The number of alkyl halides is 3. The van der Waals surface area contributed by atoms with Crippen LogP contribution in [0.4, 0.5) is 18.9 Å². The minimum Gasteiger partial charge on any atom is -0.490 e. The molecule has 1 aromatic carbocycles. The lowest BCUT2D eigenvalue weighted by atomic mass is 10.2. The summed E-state index contributed by atoms with van der Waals surface area (Å²) < 4.78 is 47.1. The Kier molecular flexibility index (Phi) is 8.86. The largest absolute Gasteiger partial charge is 0.490 e. The highest BCUT2D eigenvalue weighted by molar-refractivity contribution is 5.92. The molecule has 0 spiro atoms.